The Kier molecular flexibility index (Phi) is 23.8. The van der Waals surface area contributed by atoms with Crippen molar-refractivity contribution in [2.45, 2.75) is 147 Å². The fourth-order valence-corrected chi connectivity index (χ4v) is 5.76. The molecular formula is C26H52F6N2O4S2. The van der Waals surface area contributed by atoms with Gasteiger partial charge in [0.2, 0.25) is 0 Å². The molecule has 0 aromatic heterocycles. The van der Waals surface area contributed by atoms with Gasteiger partial charge in [-0.3, -0.25) is 0 Å². The molecule has 1 N–H and O–H groups in total. The highest BCUT2D eigenvalue weighted by Crippen LogP contribution is 2.36. The Morgan fingerprint density at radius 3 is 0.900 bits per heavy atom. The molecule has 0 atom stereocenters. The molecule has 0 unspecified atom stereocenters. The Bertz CT molecular complexity index is 725. The van der Waals surface area contributed by atoms with Crippen LogP contribution in [0.5, 0.6) is 0 Å². The highest BCUT2D eigenvalue weighted by molar-refractivity contribution is 8.13. The number of nitrogens with one attached hydrogen (secondary N) is 1. The Labute approximate surface area is 239 Å². The minimum absolute atomic E-state index is 0.778. The van der Waals surface area contributed by atoms with Gasteiger partial charge >= 0.3 is 11.0 Å². The summed E-state index contributed by atoms with van der Waals surface area (Å²) in [5.74, 6) is 0. The van der Waals surface area contributed by atoms with Crippen molar-refractivity contribution >= 4 is 20.0 Å². The largest absolute Gasteiger partial charge is 0.480 e. The van der Waals surface area contributed by atoms with E-state index in [4.69, 9.17) is 0 Å². The van der Waals surface area contributed by atoms with Crippen molar-refractivity contribution in [3.05, 3.63) is 4.13 Å². The van der Waals surface area contributed by atoms with E-state index < -0.39 is 31.1 Å². The fraction of sp³-hybridized carbons (Fsp3) is 1.00. The lowest BCUT2D eigenvalue weighted by molar-refractivity contribution is -0.900. The van der Waals surface area contributed by atoms with E-state index in [1.807, 2.05) is 4.90 Å². The maximum Gasteiger partial charge on any atom is 0.480 e. The van der Waals surface area contributed by atoms with Crippen molar-refractivity contribution in [1.82, 2.24) is 0 Å². The minimum Gasteiger partial charge on any atom is -0.421 e. The maximum absolute atomic E-state index is 11.4. The van der Waals surface area contributed by atoms with Crippen LogP contribution in [0, 0.1) is 0 Å². The van der Waals surface area contributed by atoms with E-state index in [-0.39, 0.29) is 0 Å². The number of nitrogens with zero attached hydrogens (tertiary/aromatic N) is 1. The van der Waals surface area contributed by atoms with Gasteiger partial charge in [-0.05, 0) is 38.5 Å². The average molecular weight is 635 g/mol. The quantitative estimate of drug-likeness (QED) is 0.0911. The van der Waals surface area contributed by atoms with Gasteiger partial charge in [-0.1, -0.05) is 97.8 Å². The van der Waals surface area contributed by atoms with E-state index in [0.717, 1.165) is 4.13 Å². The van der Waals surface area contributed by atoms with Crippen molar-refractivity contribution < 1.29 is 48.1 Å². The number of halogens is 6. The summed E-state index contributed by atoms with van der Waals surface area (Å²) in [5, 5.41) is 0. The zero-order chi connectivity index (χ0) is 31.1. The monoisotopic (exact) mass is 634 g/mol. The Balaban J connectivity index is 0. The molecule has 0 aromatic carbocycles. The van der Waals surface area contributed by atoms with Crippen LogP contribution in [-0.4, -0.2) is 47.5 Å². The summed E-state index contributed by atoms with van der Waals surface area (Å²) < 4.78 is 109. The molecule has 14 heteroatoms. The van der Waals surface area contributed by atoms with E-state index in [2.05, 4.69) is 20.8 Å². The van der Waals surface area contributed by atoms with Gasteiger partial charge in [0.25, 0.3) is 0 Å². The van der Waals surface area contributed by atoms with Crippen LogP contribution in [0.15, 0.2) is 0 Å². The van der Waals surface area contributed by atoms with Gasteiger partial charge in [0.1, 0.15) is 0 Å². The normalized spacial score (nSPS) is 12.9. The molecule has 0 rings (SSSR count). The second kappa shape index (κ2) is 22.9. The van der Waals surface area contributed by atoms with Crippen LogP contribution in [-0.2, 0) is 20.0 Å². The van der Waals surface area contributed by atoms with E-state index in [1.165, 1.54) is 135 Å². The molecule has 6 nitrogen and oxygen atoms in total. The van der Waals surface area contributed by atoms with Crippen LogP contribution >= 0.6 is 0 Å². The number of rotatable bonds is 23. The summed E-state index contributed by atoms with van der Waals surface area (Å²) in [6, 6.07) is 0. The maximum atomic E-state index is 11.4. The first-order valence-electron chi connectivity index (χ1n) is 14.8. The van der Waals surface area contributed by atoms with Crippen molar-refractivity contribution in [3.63, 3.8) is 0 Å². The molecule has 0 saturated carbocycles. The SMILES string of the molecule is CCCCCCCC[NH+](CCCCCCCC)CCCCCCCC.O=S(=O)([N-]S(=O)(=O)C(F)(F)F)C(F)(F)F. The van der Waals surface area contributed by atoms with Crippen molar-refractivity contribution in [2.75, 3.05) is 19.6 Å². The fourth-order valence-electron chi connectivity index (χ4n) is 4.05. The molecule has 0 aliphatic carbocycles. The summed E-state index contributed by atoms with van der Waals surface area (Å²) in [6.45, 7) is 11.3. The zero-order valence-electron chi connectivity index (χ0n) is 24.5. The second-order valence-electron chi connectivity index (χ2n) is 10.2. The van der Waals surface area contributed by atoms with Gasteiger partial charge in [-0.2, -0.15) is 26.3 Å². The number of hydrogen-bond acceptors (Lipinski definition) is 4. The van der Waals surface area contributed by atoms with E-state index >= 15 is 0 Å². The lowest BCUT2D eigenvalue weighted by Gasteiger charge is -2.22. The lowest BCUT2D eigenvalue weighted by Crippen LogP contribution is -3.12. The molecule has 0 aliphatic rings. The van der Waals surface area contributed by atoms with Gasteiger partial charge in [0.05, 0.1) is 19.6 Å². The number of quaternary nitrogens is 1. The molecule has 0 amide bonds. The minimum atomic E-state index is -6.72. The molecule has 0 saturated heterocycles. The molecule has 0 heterocycles. The molecule has 0 radical (unpaired) electrons. The second-order valence-corrected chi connectivity index (χ2v) is 13.6. The third-order valence-corrected chi connectivity index (χ3v) is 9.17. The third kappa shape index (κ3) is 22.1. The Morgan fingerprint density at radius 1 is 0.450 bits per heavy atom. The van der Waals surface area contributed by atoms with Crippen LogP contribution in [0.3, 0.4) is 0 Å². The molecular weight excluding hydrogens is 582 g/mol. The highest BCUT2D eigenvalue weighted by Gasteiger charge is 2.46. The first kappa shape index (κ1) is 41.5. The van der Waals surface area contributed by atoms with Crippen LogP contribution in [0.1, 0.15) is 136 Å². The van der Waals surface area contributed by atoms with Gasteiger partial charge in [-0.25, -0.2) is 16.8 Å². The van der Waals surface area contributed by atoms with Gasteiger partial charge < -0.3 is 9.03 Å². The van der Waals surface area contributed by atoms with E-state index in [9.17, 15) is 43.2 Å². The lowest BCUT2D eigenvalue weighted by atomic mass is 10.1. The smallest absolute Gasteiger partial charge is 0.421 e. The topological polar surface area (TPSA) is 86.8 Å². The van der Waals surface area contributed by atoms with E-state index in [1.54, 1.807) is 0 Å². The van der Waals surface area contributed by atoms with Gasteiger partial charge in [0.15, 0.2) is 20.0 Å². The number of alkyl halides is 6. The molecule has 0 aliphatic heterocycles. The van der Waals surface area contributed by atoms with Crippen LogP contribution in [0.2, 0.25) is 0 Å². The van der Waals surface area contributed by atoms with Gasteiger partial charge in [0, 0.05) is 0 Å². The summed E-state index contributed by atoms with van der Waals surface area (Å²) in [5.41, 5.74) is -12.4. The van der Waals surface area contributed by atoms with Gasteiger partial charge in [-0.15, -0.1) is 0 Å². The number of sulfonamides is 2. The predicted octanol–water partition coefficient (Wildman–Crippen LogP) is 8.01. The summed E-state index contributed by atoms with van der Waals surface area (Å²) in [6.07, 6.45) is 26.0. The number of hydrogen-bond donors (Lipinski definition) is 1. The molecule has 0 spiro atoms. The molecule has 0 fully saturated rings. The first-order chi connectivity index (χ1) is 18.6. The van der Waals surface area contributed by atoms with Crippen molar-refractivity contribution in [2.24, 2.45) is 0 Å². The Morgan fingerprint density at radius 2 is 0.675 bits per heavy atom. The van der Waals surface area contributed by atoms with Crippen LogP contribution < -0.4 is 4.90 Å². The molecule has 244 valence electrons. The Hall–Kier alpha value is -0.600. The van der Waals surface area contributed by atoms with Crippen LogP contribution in [0.25, 0.3) is 4.13 Å². The predicted molar refractivity (Wildman–Crippen MR) is 149 cm³/mol. The van der Waals surface area contributed by atoms with Crippen LogP contribution in [0.4, 0.5) is 26.3 Å². The average Bonchev–Trinajstić information content (AvgIpc) is 2.83. The zero-order valence-corrected chi connectivity index (χ0v) is 26.1. The first-order valence-corrected chi connectivity index (χ1v) is 17.6. The highest BCUT2D eigenvalue weighted by atomic mass is 32.3. The third-order valence-electron chi connectivity index (χ3n) is 6.43. The molecule has 40 heavy (non-hydrogen) atoms. The van der Waals surface area contributed by atoms with Crippen molar-refractivity contribution in [1.29, 1.82) is 0 Å². The molecule has 0 aromatic rings. The summed E-state index contributed by atoms with van der Waals surface area (Å²) in [4.78, 5) is 1.92. The number of unbranched alkanes of at least 4 members (excludes halogenated alkanes) is 15. The van der Waals surface area contributed by atoms with E-state index in [0.29, 0.717) is 0 Å². The standard InChI is InChI=1S/C24H51N.C2F6NO4S2/c1-4-7-10-13-16-19-22-25(23-20-17-14-11-8-5-2)24-21-18-15-12-9-6-3;3-1(4,5)14(10,11)9-15(12,13)2(6,7)8/h4-24H2,1-3H3;/q;-1/p+1. The summed E-state index contributed by atoms with van der Waals surface area (Å²) >= 11 is 0. The van der Waals surface area contributed by atoms with Crippen molar-refractivity contribution in [3.8, 4) is 0 Å². The molecule has 0 bridgehead atoms. The summed E-state index contributed by atoms with van der Waals surface area (Å²) in [7, 11) is -13.4.